The molecular weight excluding hydrogens is 603 g/mol. The molecule has 1 amide bonds. The van der Waals surface area contributed by atoms with E-state index >= 15 is 0 Å². The average molecular weight is 636 g/mol. The zero-order valence-electron chi connectivity index (χ0n) is 23.6. The topological polar surface area (TPSA) is 77.3 Å². The minimum absolute atomic E-state index is 0. The third-order valence-electron chi connectivity index (χ3n) is 8.63. The number of hydrogen-bond donors (Lipinski definition) is 1. The molecular formula is C34H33Cl3N4O2. The van der Waals surface area contributed by atoms with Crippen molar-refractivity contribution < 1.29 is 9.21 Å². The van der Waals surface area contributed by atoms with Gasteiger partial charge in [-0.2, -0.15) is 0 Å². The molecule has 2 aromatic heterocycles. The first kappa shape index (κ1) is 29.8. The number of furan rings is 1. The minimum Gasteiger partial charge on any atom is -0.455 e. The largest absolute Gasteiger partial charge is 0.455 e. The molecule has 0 unspecified atom stereocenters. The number of benzene rings is 3. The molecule has 1 saturated heterocycles. The minimum atomic E-state index is -0.534. The Morgan fingerprint density at radius 3 is 2.02 bits per heavy atom. The number of fused-ring (bicyclic) bond motifs is 1. The highest BCUT2D eigenvalue weighted by molar-refractivity contribution is 6.30. The summed E-state index contributed by atoms with van der Waals surface area (Å²) in [5.41, 5.74) is 11.2. The number of primary amides is 1. The second-order valence-electron chi connectivity index (χ2n) is 11.5. The monoisotopic (exact) mass is 634 g/mol. The first-order valence-corrected chi connectivity index (χ1v) is 15.3. The van der Waals surface area contributed by atoms with Crippen molar-refractivity contribution in [1.82, 2.24) is 14.5 Å². The molecule has 1 aliphatic heterocycles. The number of rotatable bonds is 8. The molecule has 1 aliphatic carbocycles. The highest BCUT2D eigenvalue weighted by Crippen LogP contribution is 2.44. The molecule has 222 valence electrons. The summed E-state index contributed by atoms with van der Waals surface area (Å²) in [7, 11) is 0. The van der Waals surface area contributed by atoms with Gasteiger partial charge in [0.1, 0.15) is 11.6 Å². The maximum Gasteiger partial charge on any atom is 0.284 e. The SMILES string of the molecule is Cl.NC(=O)c1ccc(CN2CCC(n3c(C4CC4)nc4ccc(C(c5ccc(Cl)cc5)c5ccc(Cl)cc5)cc43)CC2)o1. The Morgan fingerprint density at radius 1 is 0.860 bits per heavy atom. The summed E-state index contributed by atoms with van der Waals surface area (Å²) in [4.78, 5) is 19.0. The maximum absolute atomic E-state index is 11.4. The highest BCUT2D eigenvalue weighted by Gasteiger charge is 2.33. The van der Waals surface area contributed by atoms with Crippen LogP contribution in [0.4, 0.5) is 0 Å². The Hall–Kier alpha value is -3.29. The third-order valence-corrected chi connectivity index (χ3v) is 9.13. The van der Waals surface area contributed by atoms with Crippen molar-refractivity contribution in [3.8, 4) is 0 Å². The van der Waals surface area contributed by atoms with Gasteiger partial charge < -0.3 is 14.7 Å². The van der Waals surface area contributed by atoms with Crippen LogP contribution < -0.4 is 5.73 Å². The standard InChI is InChI=1S/C34H32Cl2N4O2.ClH/c35-25-8-3-21(4-9-25)32(22-5-10-26(36)11-6-22)24-7-13-29-30(19-24)40(34(38-29)23-1-2-23)27-15-17-39(18-16-27)20-28-12-14-31(42-28)33(37)41;/h3-14,19,23,27,32H,1-2,15-18,20H2,(H2,37,41);1H. The molecule has 9 heteroatoms. The fourth-order valence-corrected chi connectivity index (χ4v) is 6.61. The molecule has 2 aliphatic rings. The summed E-state index contributed by atoms with van der Waals surface area (Å²) in [6.45, 7) is 2.56. The number of halogens is 3. The molecule has 3 aromatic carbocycles. The van der Waals surface area contributed by atoms with Gasteiger partial charge in [0.25, 0.3) is 5.91 Å². The molecule has 0 spiro atoms. The summed E-state index contributed by atoms with van der Waals surface area (Å²) in [5.74, 6) is 2.26. The number of carbonyl (C=O) groups is 1. The number of nitrogens with zero attached hydrogens (tertiary/aromatic N) is 3. The molecule has 2 fully saturated rings. The number of hydrogen-bond acceptors (Lipinski definition) is 4. The average Bonchev–Trinajstić information content (AvgIpc) is 3.61. The van der Waals surface area contributed by atoms with Crippen molar-refractivity contribution in [2.75, 3.05) is 13.1 Å². The number of nitrogens with two attached hydrogens (primary N) is 1. The molecule has 6 nitrogen and oxygen atoms in total. The van der Waals surface area contributed by atoms with Crippen LogP contribution in [0.25, 0.3) is 11.0 Å². The summed E-state index contributed by atoms with van der Waals surface area (Å²) >= 11 is 12.5. The molecule has 43 heavy (non-hydrogen) atoms. The number of amides is 1. The van der Waals surface area contributed by atoms with Crippen molar-refractivity contribution in [3.63, 3.8) is 0 Å². The fourth-order valence-electron chi connectivity index (χ4n) is 6.36. The van der Waals surface area contributed by atoms with E-state index in [1.165, 1.54) is 40.9 Å². The molecule has 1 saturated carbocycles. The van der Waals surface area contributed by atoms with E-state index in [0.717, 1.165) is 47.3 Å². The predicted octanol–water partition coefficient (Wildman–Crippen LogP) is 8.35. The fraction of sp³-hybridized carbons (Fsp3) is 0.294. The van der Waals surface area contributed by atoms with E-state index in [4.69, 9.17) is 38.3 Å². The maximum atomic E-state index is 11.4. The summed E-state index contributed by atoms with van der Waals surface area (Å²) < 4.78 is 8.19. The number of likely N-dealkylation sites (tertiary alicyclic amines) is 1. The van der Waals surface area contributed by atoms with Gasteiger partial charge in [-0.05, 0) is 90.9 Å². The Balaban J connectivity index is 0.00000329. The van der Waals surface area contributed by atoms with Gasteiger partial charge in [0.15, 0.2) is 5.76 Å². The zero-order chi connectivity index (χ0) is 28.8. The molecule has 0 radical (unpaired) electrons. The Morgan fingerprint density at radius 2 is 1.47 bits per heavy atom. The van der Waals surface area contributed by atoms with Crippen LogP contribution in [0.2, 0.25) is 10.0 Å². The molecule has 5 aromatic rings. The first-order chi connectivity index (χ1) is 20.4. The van der Waals surface area contributed by atoms with Crippen LogP contribution in [0.5, 0.6) is 0 Å². The smallest absolute Gasteiger partial charge is 0.284 e. The molecule has 3 heterocycles. The van der Waals surface area contributed by atoms with Crippen LogP contribution in [0.3, 0.4) is 0 Å². The van der Waals surface area contributed by atoms with Crippen molar-refractivity contribution in [2.45, 2.75) is 50.1 Å². The van der Waals surface area contributed by atoms with E-state index in [1.807, 2.05) is 30.3 Å². The second-order valence-corrected chi connectivity index (χ2v) is 12.4. The van der Waals surface area contributed by atoms with Gasteiger partial charge in [-0.1, -0.05) is 53.5 Å². The Bertz CT molecular complexity index is 1690. The molecule has 0 bridgehead atoms. The van der Waals surface area contributed by atoms with E-state index in [0.29, 0.717) is 18.5 Å². The lowest BCUT2D eigenvalue weighted by molar-refractivity contribution is 0.0968. The molecule has 0 atom stereocenters. The van der Waals surface area contributed by atoms with Gasteiger partial charge in [0.2, 0.25) is 0 Å². The normalized spacial score (nSPS) is 16.1. The van der Waals surface area contributed by atoms with Crippen molar-refractivity contribution in [1.29, 1.82) is 0 Å². The first-order valence-electron chi connectivity index (χ1n) is 14.6. The lowest BCUT2D eigenvalue weighted by Crippen LogP contribution is -2.34. The third kappa shape index (κ3) is 6.20. The highest BCUT2D eigenvalue weighted by atomic mass is 35.5. The van der Waals surface area contributed by atoms with Crippen LogP contribution in [0, 0.1) is 0 Å². The van der Waals surface area contributed by atoms with Crippen LogP contribution in [-0.2, 0) is 6.54 Å². The summed E-state index contributed by atoms with van der Waals surface area (Å²) in [6.07, 6.45) is 4.45. The number of aromatic nitrogens is 2. The van der Waals surface area contributed by atoms with Gasteiger partial charge in [-0.25, -0.2) is 4.98 Å². The zero-order valence-corrected chi connectivity index (χ0v) is 25.9. The van der Waals surface area contributed by atoms with Crippen molar-refractivity contribution in [2.24, 2.45) is 5.73 Å². The van der Waals surface area contributed by atoms with Gasteiger partial charge in [0, 0.05) is 41.0 Å². The molecule has 7 rings (SSSR count). The van der Waals surface area contributed by atoms with Gasteiger partial charge in [-0.3, -0.25) is 9.69 Å². The summed E-state index contributed by atoms with van der Waals surface area (Å²) in [5, 5.41) is 1.45. The van der Waals surface area contributed by atoms with Gasteiger partial charge in [0.05, 0.1) is 17.6 Å². The van der Waals surface area contributed by atoms with E-state index < -0.39 is 5.91 Å². The lowest BCUT2D eigenvalue weighted by Gasteiger charge is -2.33. The number of carbonyl (C=O) groups excluding carboxylic acids is 1. The number of imidazole rings is 1. The van der Waals surface area contributed by atoms with Crippen molar-refractivity contribution in [3.05, 3.63) is 123 Å². The van der Waals surface area contributed by atoms with Crippen LogP contribution in [0.15, 0.2) is 83.3 Å². The quantitative estimate of drug-likeness (QED) is 0.174. The van der Waals surface area contributed by atoms with Gasteiger partial charge >= 0.3 is 0 Å². The van der Waals surface area contributed by atoms with E-state index in [1.54, 1.807) is 6.07 Å². The summed E-state index contributed by atoms with van der Waals surface area (Å²) in [6, 6.07) is 26.9. The predicted molar refractivity (Wildman–Crippen MR) is 174 cm³/mol. The Labute approximate surface area is 267 Å². The van der Waals surface area contributed by atoms with Crippen LogP contribution in [-0.4, -0.2) is 33.4 Å². The van der Waals surface area contributed by atoms with Crippen LogP contribution >= 0.6 is 35.6 Å². The Kier molecular flexibility index (Phi) is 8.56. The van der Waals surface area contributed by atoms with E-state index in [-0.39, 0.29) is 24.1 Å². The van der Waals surface area contributed by atoms with Crippen LogP contribution in [0.1, 0.15) is 82.4 Å². The van der Waals surface area contributed by atoms with E-state index in [9.17, 15) is 4.79 Å². The molecule has 2 N–H and O–H groups in total. The van der Waals surface area contributed by atoms with Gasteiger partial charge in [-0.15, -0.1) is 12.4 Å². The second kappa shape index (κ2) is 12.4. The van der Waals surface area contributed by atoms with Crippen molar-refractivity contribution >= 4 is 52.5 Å². The number of piperidine rings is 1. The van der Waals surface area contributed by atoms with E-state index in [2.05, 4.69) is 51.9 Å². The lowest BCUT2D eigenvalue weighted by atomic mass is 9.85.